The number of sulfone groups is 1. The van der Waals surface area contributed by atoms with Crippen LogP contribution < -0.4 is 0 Å². The fourth-order valence-corrected chi connectivity index (χ4v) is 6.05. The molecule has 0 spiro atoms. The molecule has 3 aliphatic rings. The monoisotopic (exact) mass is 300 g/mol. The van der Waals surface area contributed by atoms with Gasteiger partial charge in [-0.2, -0.15) is 0 Å². The van der Waals surface area contributed by atoms with E-state index in [1.807, 2.05) is 4.90 Å². The molecule has 1 saturated carbocycles. The number of likely N-dealkylation sites (tertiary alicyclic amines) is 1. The number of carbonyl (C=O) groups is 1. The van der Waals surface area contributed by atoms with E-state index in [9.17, 15) is 13.2 Å². The number of amides is 1. The van der Waals surface area contributed by atoms with E-state index in [1.165, 1.54) is 0 Å². The lowest BCUT2D eigenvalue weighted by Crippen LogP contribution is -2.57. The lowest BCUT2D eigenvalue weighted by atomic mass is 9.93. The third-order valence-corrected chi connectivity index (χ3v) is 7.31. The predicted octanol–water partition coefficient (Wildman–Crippen LogP) is 0.650. The van der Waals surface area contributed by atoms with Crippen molar-refractivity contribution in [2.45, 2.75) is 49.8 Å². The standard InChI is InChI=1S/C14H24N2O3S/c17-14-6-3-7-16(14)9-8-15-10-11-20(18,19)13-5-2-1-4-12(13)15/h12-13H,1-11H2/t12-,13+/m0/s1. The van der Waals surface area contributed by atoms with E-state index in [4.69, 9.17) is 0 Å². The van der Waals surface area contributed by atoms with Gasteiger partial charge < -0.3 is 4.90 Å². The van der Waals surface area contributed by atoms with Crippen molar-refractivity contribution in [2.24, 2.45) is 0 Å². The SMILES string of the molecule is O=C1CCCN1CCN1CCS(=O)(=O)[C@@H]2CCCC[C@@H]21. The van der Waals surface area contributed by atoms with Crippen LogP contribution in [0.25, 0.3) is 0 Å². The van der Waals surface area contributed by atoms with Crippen molar-refractivity contribution in [1.82, 2.24) is 9.80 Å². The van der Waals surface area contributed by atoms with Crippen LogP contribution >= 0.6 is 0 Å². The molecule has 114 valence electrons. The number of nitrogens with zero attached hydrogens (tertiary/aromatic N) is 2. The highest BCUT2D eigenvalue weighted by Crippen LogP contribution is 2.31. The van der Waals surface area contributed by atoms with Gasteiger partial charge in [0.15, 0.2) is 9.84 Å². The summed E-state index contributed by atoms with van der Waals surface area (Å²) in [5.41, 5.74) is 0. The van der Waals surface area contributed by atoms with Crippen LogP contribution in [0.4, 0.5) is 0 Å². The molecule has 5 nitrogen and oxygen atoms in total. The Kier molecular flexibility index (Phi) is 4.04. The quantitative estimate of drug-likeness (QED) is 0.768. The van der Waals surface area contributed by atoms with E-state index >= 15 is 0 Å². The number of fused-ring (bicyclic) bond motifs is 1. The average Bonchev–Trinajstić information content (AvgIpc) is 2.84. The molecule has 0 N–H and O–H groups in total. The minimum Gasteiger partial charge on any atom is -0.341 e. The number of hydrogen-bond acceptors (Lipinski definition) is 4. The van der Waals surface area contributed by atoms with Crippen molar-refractivity contribution in [3.8, 4) is 0 Å². The Hall–Kier alpha value is -0.620. The Morgan fingerprint density at radius 2 is 1.85 bits per heavy atom. The summed E-state index contributed by atoms with van der Waals surface area (Å²) in [5.74, 6) is 0.553. The van der Waals surface area contributed by atoms with Gasteiger partial charge in [0.05, 0.1) is 11.0 Å². The molecule has 0 unspecified atom stereocenters. The second-order valence-corrected chi connectivity index (χ2v) is 8.62. The van der Waals surface area contributed by atoms with Crippen LogP contribution in [-0.2, 0) is 14.6 Å². The van der Waals surface area contributed by atoms with E-state index in [0.29, 0.717) is 18.7 Å². The van der Waals surface area contributed by atoms with Crippen LogP contribution in [0.15, 0.2) is 0 Å². The van der Waals surface area contributed by atoms with Gasteiger partial charge in [0.1, 0.15) is 0 Å². The highest BCUT2D eigenvalue weighted by atomic mass is 32.2. The minimum absolute atomic E-state index is 0.153. The predicted molar refractivity (Wildman–Crippen MR) is 77.2 cm³/mol. The van der Waals surface area contributed by atoms with Gasteiger partial charge in [0.2, 0.25) is 5.91 Å². The summed E-state index contributed by atoms with van der Waals surface area (Å²) in [6.45, 7) is 3.12. The largest absolute Gasteiger partial charge is 0.341 e. The smallest absolute Gasteiger partial charge is 0.222 e. The van der Waals surface area contributed by atoms with Crippen molar-refractivity contribution >= 4 is 15.7 Å². The zero-order valence-electron chi connectivity index (χ0n) is 12.0. The number of carbonyl (C=O) groups excluding carboxylic acids is 1. The van der Waals surface area contributed by atoms with Crippen molar-refractivity contribution in [3.05, 3.63) is 0 Å². The molecule has 2 heterocycles. The highest BCUT2D eigenvalue weighted by Gasteiger charge is 2.42. The van der Waals surface area contributed by atoms with Crippen LogP contribution in [0.2, 0.25) is 0 Å². The molecule has 2 aliphatic heterocycles. The minimum atomic E-state index is -2.89. The second-order valence-electron chi connectivity index (χ2n) is 6.28. The molecule has 1 aliphatic carbocycles. The molecule has 0 bridgehead atoms. The maximum absolute atomic E-state index is 12.2. The zero-order valence-corrected chi connectivity index (χ0v) is 12.8. The Morgan fingerprint density at radius 1 is 1.05 bits per heavy atom. The molecule has 3 fully saturated rings. The van der Waals surface area contributed by atoms with Crippen LogP contribution in [0, 0.1) is 0 Å². The van der Waals surface area contributed by atoms with Gasteiger partial charge in [-0.25, -0.2) is 8.42 Å². The normalized spacial score (nSPS) is 34.2. The summed E-state index contributed by atoms with van der Waals surface area (Å²) in [5, 5.41) is -0.153. The van der Waals surface area contributed by atoms with Crippen molar-refractivity contribution in [3.63, 3.8) is 0 Å². The maximum atomic E-state index is 12.2. The summed E-state index contributed by atoms with van der Waals surface area (Å²) in [7, 11) is -2.89. The van der Waals surface area contributed by atoms with E-state index in [1.54, 1.807) is 0 Å². The first kappa shape index (κ1) is 14.3. The van der Waals surface area contributed by atoms with Crippen molar-refractivity contribution in [1.29, 1.82) is 0 Å². The molecule has 0 aromatic carbocycles. The summed E-state index contributed by atoms with van der Waals surface area (Å²) in [4.78, 5) is 15.9. The second kappa shape index (κ2) is 5.64. The third-order valence-electron chi connectivity index (χ3n) is 5.09. The molecule has 20 heavy (non-hydrogen) atoms. The fourth-order valence-electron chi connectivity index (χ4n) is 3.94. The molecular weight excluding hydrogens is 276 g/mol. The molecule has 2 atom stereocenters. The third kappa shape index (κ3) is 2.72. The Morgan fingerprint density at radius 3 is 2.60 bits per heavy atom. The molecule has 6 heteroatoms. The first-order chi connectivity index (χ1) is 9.58. The average molecular weight is 300 g/mol. The maximum Gasteiger partial charge on any atom is 0.222 e. The van der Waals surface area contributed by atoms with E-state index in [-0.39, 0.29) is 17.2 Å². The van der Waals surface area contributed by atoms with Gasteiger partial charge in [0.25, 0.3) is 0 Å². The van der Waals surface area contributed by atoms with Gasteiger partial charge in [0, 0.05) is 38.6 Å². The lowest BCUT2D eigenvalue weighted by molar-refractivity contribution is -0.127. The molecule has 2 saturated heterocycles. The van der Waals surface area contributed by atoms with Gasteiger partial charge in [-0.1, -0.05) is 12.8 Å². The summed E-state index contributed by atoms with van der Waals surface area (Å²) in [6, 6.07) is 0.195. The molecule has 1 amide bonds. The number of hydrogen-bond donors (Lipinski definition) is 0. The van der Waals surface area contributed by atoms with E-state index in [0.717, 1.165) is 51.7 Å². The van der Waals surface area contributed by atoms with E-state index in [2.05, 4.69) is 4.90 Å². The van der Waals surface area contributed by atoms with Crippen molar-refractivity contribution in [2.75, 3.05) is 31.9 Å². The summed E-state index contributed by atoms with van der Waals surface area (Å²) < 4.78 is 24.4. The molecule has 0 radical (unpaired) electrons. The van der Waals surface area contributed by atoms with Crippen molar-refractivity contribution < 1.29 is 13.2 Å². The molecule has 0 aromatic heterocycles. The lowest BCUT2D eigenvalue weighted by Gasteiger charge is -2.43. The zero-order chi connectivity index (χ0) is 14.2. The Balaban J connectivity index is 1.63. The van der Waals surface area contributed by atoms with Gasteiger partial charge in [-0.3, -0.25) is 9.69 Å². The first-order valence-corrected chi connectivity index (χ1v) is 9.53. The molecule has 3 rings (SSSR count). The Labute approximate surface area is 121 Å². The van der Waals surface area contributed by atoms with Crippen LogP contribution in [0.1, 0.15) is 38.5 Å². The van der Waals surface area contributed by atoms with Gasteiger partial charge in [-0.15, -0.1) is 0 Å². The summed E-state index contributed by atoms with van der Waals surface area (Å²) >= 11 is 0. The van der Waals surface area contributed by atoms with Crippen LogP contribution in [-0.4, -0.2) is 67.3 Å². The van der Waals surface area contributed by atoms with Crippen LogP contribution in [0.5, 0.6) is 0 Å². The molecular formula is C14H24N2O3S. The molecule has 0 aromatic rings. The summed E-state index contributed by atoms with van der Waals surface area (Å²) in [6.07, 6.45) is 5.65. The van der Waals surface area contributed by atoms with Crippen LogP contribution in [0.3, 0.4) is 0 Å². The van der Waals surface area contributed by atoms with Gasteiger partial charge in [-0.05, 0) is 19.3 Å². The fraction of sp³-hybridized carbons (Fsp3) is 0.929. The number of rotatable bonds is 3. The Bertz CT molecular complexity index is 477. The van der Waals surface area contributed by atoms with E-state index < -0.39 is 9.84 Å². The van der Waals surface area contributed by atoms with Gasteiger partial charge >= 0.3 is 0 Å². The topological polar surface area (TPSA) is 57.7 Å². The first-order valence-electron chi connectivity index (χ1n) is 7.81. The highest BCUT2D eigenvalue weighted by molar-refractivity contribution is 7.92.